The zero-order valence-corrected chi connectivity index (χ0v) is 25.7. The van der Waals surface area contributed by atoms with E-state index in [1.165, 1.54) is 0 Å². The maximum Gasteiger partial charge on any atom is 0.227 e. The summed E-state index contributed by atoms with van der Waals surface area (Å²) < 4.78 is 18.6. The van der Waals surface area contributed by atoms with Gasteiger partial charge in [0, 0.05) is 38.6 Å². The number of para-hydroxylation sites is 5. The third-order valence-electron chi connectivity index (χ3n) is 8.58. The van der Waals surface area contributed by atoms with Crippen LogP contribution in [0.5, 0.6) is 0 Å². The lowest BCUT2D eigenvalue weighted by Gasteiger charge is -2.10. The van der Waals surface area contributed by atoms with Crippen molar-refractivity contribution in [3.8, 4) is 57.1 Å². The molecule has 0 unspecified atom stereocenters. The first-order valence-electron chi connectivity index (χ1n) is 15.8. The minimum absolute atomic E-state index is 0.468. The summed E-state index contributed by atoms with van der Waals surface area (Å²) in [5.41, 5.74) is 8.48. The molecule has 6 aromatic carbocycles. The molecule has 49 heavy (non-hydrogen) atoms. The zero-order chi connectivity index (χ0) is 32.3. The van der Waals surface area contributed by atoms with Gasteiger partial charge in [-0.2, -0.15) is 0 Å². The molecule has 0 fully saturated rings. The molecule has 10 aromatic rings. The normalized spacial score (nSPS) is 11.7. The van der Waals surface area contributed by atoms with E-state index in [4.69, 9.17) is 38.2 Å². The molecule has 8 heteroatoms. The predicted octanol–water partition coefficient (Wildman–Crippen LogP) is 10.4. The molecule has 0 atom stereocenters. The number of aromatic nitrogens is 5. The highest BCUT2D eigenvalue weighted by Gasteiger charge is 2.19. The smallest absolute Gasteiger partial charge is 0.227 e. The molecule has 0 aliphatic heterocycles. The lowest BCUT2D eigenvalue weighted by molar-refractivity contribution is 0.617. The molecule has 0 radical (unpaired) electrons. The van der Waals surface area contributed by atoms with Gasteiger partial charge in [-0.05, 0) is 66.7 Å². The van der Waals surface area contributed by atoms with Gasteiger partial charge in [-0.1, -0.05) is 72.8 Å². The first-order valence-corrected chi connectivity index (χ1v) is 15.8. The van der Waals surface area contributed by atoms with E-state index in [-0.39, 0.29) is 0 Å². The molecule has 0 aliphatic carbocycles. The molecule has 0 N–H and O–H groups in total. The van der Waals surface area contributed by atoms with Crippen molar-refractivity contribution < 1.29 is 13.3 Å². The van der Waals surface area contributed by atoms with Crippen LogP contribution in [-0.4, -0.2) is 24.9 Å². The summed E-state index contributed by atoms with van der Waals surface area (Å²) in [5.74, 6) is 2.50. The lowest BCUT2D eigenvalue weighted by atomic mass is 10.0. The van der Waals surface area contributed by atoms with E-state index in [9.17, 15) is 0 Å². The number of benzene rings is 6. The third kappa shape index (κ3) is 4.73. The summed E-state index contributed by atoms with van der Waals surface area (Å²) in [6.07, 6.45) is 0. The Bertz CT molecular complexity index is 2690. The molecule has 230 valence electrons. The van der Waals surface area contributed by atoms with Crippen LogP contribution in [0.3, 0.4) is 0 Å². The molecule has 4 aromatic heterocycles. The van der Waals surface area contributed by atoms with Crippen molar-refractivity contribution in [1.82, 2.24) is 24.9 Å². The third-order valence-corrected chi connectivity index (χ3v) is 8.58. The van der Waals surface area contributed by atoms with Gasteiger partial charge in [0.25, 0.3) is 0 Å². The van der Waals surface area contributed by atoms with E-state index in [0.29, 0.717) is 40.4 Å². The average Bonchev–Trinajstić information content (AvgIpc) is 3.90. The molecule has 0 aliphatic rings. The number of rotatable bonds is 5. The summed E-state index contributed by atoms with van der Waals surface area (Å²) in [7, 11) is 0. The Labute approximate surface area is 278 Å². The second-order valence-corrected chi connectivity index (χ2v) is 11.8. The molecule has 0 saturated heterocycles. The molecular formula is C41H23N5O3. The molecule has 0 amide bonds. The molecule has 0 spiro atoms. The van der Waals surface area contributed by atoms with Crippen molar-refractivity contribution in [3.05, 3.63) is 140 Å². The Morgan fingerprint density at radius 1 is 0.306 bits per heavy atom. The van der Waals surface area contributed by atoms with E-state index in [1.807, 2.05) is 127 Å². The van der Waals surface area contributed by atoms with Gasteiger partial charge in [0.05, 0.1) is 0 Å². The van der Waals surface area contributed by atoms with Crippen LogP contribution >= 0.6 is 0 Å². The van der Waals surface area contributed by atoms with Gasteiger partial charge in [0.15, 0.2) is 28.6 Å². The van der Waals surface area contributed by atoms with Crippen LogP contribution in [0.1, 0.15) is 0 Å². The van der Waals surface area contributed by atoms with Crippen LogP contribution in [0.25, 0.3) is 101 Å². The first-order chi connectivity index (χ1) is 24.2. The predicted molar refractivity (Wildman–Crippen MR) is 189 cm³/mol. The van der Waals surface area contributed by atoms with Gasteiger partial charge in [0.2, 0.25) is 11.8 Å². The van der Waals surface area contributed by atoms with Crippen molar-refractivity contribution in [1.29, 1.82) is 0 Å². The number of hydrogen-bond acceptors (Lipinski definition) is 8. The standard InChI is InChI=1S/C41H23N5O3/c1-2-10-24(11-3-1)37-44-38(25-18-19-34-30(23-25)29-12-4-7-15-33(29)47-34)46-39(45-37)26-20-27(40-42-31-13-5-8-16-35(31)48-40)22-28(21-26)41-43-32-14-6-9-17-36(32)49-41/h1-23H. The van der Waals surface area contributed by atoms with Crippen LogP contribution in [0.4, 0.5) is 0 Å². The SMILES string of the molecule is c1ccc(-c2nc(-c3cc(-c4nc5ccccc5o4)cc(-c4nc5ccccc5o4)c3)nc(-c3ccc4oc5ccccc5c4c3)n2)cc1. The second kappa shape index (κ2) is 10.8. The quantitative estimate of drug-likeness (QED) is 0.184. The summed E-state index contributed by atoms with van der Waals surface area (Å²) in [5, 5.41) is 2.03. The van der Waals surface area contributed by atoms with E-state index in [0.717, 1.165) is 60.8 Å². The number of nitrogens with zero attached hydrogens (tertiary/aromatic N) is 5. The molecule has 0 bridgehead atoms. The van der Waals surface area contributed by atoms with E-state index >= 15 is 0 Å². The summed E-state index contributed by atoms with van der Waals surface area (Å²) in [6, 6.07) is 45.3. The van der Waals surface area contributed by atoms with Gasteiger partial charge in [-0.25, -0.2) is 24.9 Å². The highest BCUT2D eigenvalue weighted by atomic mass is 16.4. The van der Waals surface area contributed by atoms with Crippen LogP contribution in [0, 0.1) is 0 Å². The fourth-order valence-corrected chi connectivity index (χ4v) is 6.21. The van der Waals surface area contributed by atoms with E-state index in [1.54, 1.807) is 0 Å². The first kappa shape index (κ1) is 27.2. The zero-order valence-electron chi connectivity index (χ0n) is 25.7. The Balaban J connectivity index is 1.20. The van der Waals surface area contributed by atoms with Crippen molar-refractivity contribution >= 4 is 44.1 Å². The van der Waals surface area contributed by atoms with Gasteiger partial charge < -0.3 is 13.3 Å². The van der Waals surface area contributed by atoms with Gasteiger partial charge in [-0.15, -0.1) is 0 Å². The second-order valence-electron chi connectivity index (χ2n) is 11.8. The van der Waals surface area contributed by atoms with Gasteiger partial charge in [-0.3, -0.25) is 0 Å². The van der Waals surface area contributed by atoms with Crippen LogP contribution in [0.15, 0.2) is 153 Å². The molecule has 4 heterocycles. The molecule has 10 rings (SSSR count). The number of fused-ring (bicyclic) bond motifs is 5. The maximum atomic E-state index is 6.23. The highest BCUT2D eigenvalue weighted by Crippen LogP contribution is 2.36. The topological polar surface area (TPSA) is 104 Å². The van der Waals surface area contributed by atoms with E-state index < -0.39 is 0 Å². The molecule has 0 saturated carbocycles. The van der Waals surface area contributed by atoms with Crippen molar-refractivity contribution in [2.24, 2.45) is 0 Å². The van der Waals surface area contributed by atoms with Crippen molar-refractivity contribution in [2.45, 2.75) is 0 Å². The van der Waals surface area contributed by atoms with Gasteiger partial charge >= 0.3 is 0 Å². The summed E-state index contributed by atoms with van der Waals surface area (Å²) in [4.78, 5) is 24.6. The largest absolute Gasteiger partial charge is 0.456 e. The Morgan fingerprint density at radius 2 is 0.816 bits per heavy atom. The van der Waals surface area contributed by atoms with Crippen molar-refractivity contribution in [2.75, 3.05) is 0 Å². The minimum atomic E-state index is 0.468. The maximum absolute atomic E-state index is 6.23. The number of oxazole rings is 2. The monoisotopic (exact) mass is 633 g/mol. The van der Waals surface area contributed by atoms with Gasteiger partial charge in [0.1, 0.15) is 22.2 Å². The number of hydrogen-bond donors (Lipinski definition) is 0. The van der Waals surface area contributed by atoms with Crippen LogP contribution in [0.2, 0.25) is 0 Å². The summed E-state index contributed by atoms with van der Waals surface area (Å²) in [6.45, 7) is 0. The average molecular weight is 634 g/mol. The minimum Gasteiger partial charge on any atom is -0.456 e. The number of furan rings is 1. The Hall–Kier alpha value is -6.93. The fraction of sp³-hybridized carbons (Fsp3) is 0. The fourth-order valence-electron chi connectivity index (χ4n) is 6.21. The highest BCUT2D eigenvalue weighted by molar-refractivity contribution is 6.06. The Kier molecular flexibility index (Phi) is 6.01. The lowest BCUT2D eigenvalue weighted by Crippen LogP contribution is -2.00. The Morgan fingerprint density at radius 3 is 1.47 bits per heavy atom. The van der Waals surface area contributed by atoms with Crippen LogP contribution in [-0.2, 0) is 0 Å². The van der Waals surface area contributed by atoms with Crippen molar-refractivity contribution in [3.63, 3.8) is 0 Å². The van der Waals surface area contributed by atoms with Crippen LogP contribution < -0.4 is 0 Å². The molecule has 8 nitrogen and oxygen atoms in total. The molecular weight excluding hydrogens is 610 g/mol. The van der Waals surface area contributed by atoms with E-state index in [2.05, 4.69) is 12.1 Å². The summed E-state index contributed by atoms with van der Waals surface area (Å²) >= 11 is 0.